The molecule has 2 aromatic rings. The molecule has 0 bridgehead atoms. The second kappa shape index (κ2) is 8.90. The molecular formula is C20H26N2O4S. The molecule has 0 aliphatic carbocycles. The molecule has 0 saturated heterocycles. The first-order valence-corrected chi connectivity index (χ1v) is 10.6. The first-order chi connectivity index (χ1) is 12.7. The minimum atomic E-state index is -3.34. The summed E-state index contributed by atoms with van der Waals surface area (Å²) in [5.41, 5.74) is 2.16. The van der Waals surface area contributed by atoms with Crippen LogP contribution in [0.1, 0.15) is 29.8 Å². The van der Waals surface area contributed by atoms with Crippen LogP contribution in [0.15, 0.2) is 48.5 Å². The largest absolute Gasteiger partial charge is 0.491 e. The number of hydrogen-bond acceptors (Lipinski definition) is 4. The highest BCUT2D eigenvalue weighted by molar-refractivity contribution is 7.92. The van der Waals surface area contributed by atoms with Gasteiger partial charge in [0.15, 0.2) is 0 Å². The highest BCUT2D eigenvalue weighted by Crippen LogP contribution is 2.18. The Labute approximate surface area is 161 Å². The van der Waals surface area contributed by atoms with Gasteiger partial charge >= 0.3 is 0 Å². The van der Waals surface area contributed by atoms with Crippen molar-refractivity contribution in [3.63, 3.8) is 0 Å². The number of nitrogens with zero attached hydrogens (tertiary/aromatic N) is 1. The lowest BCUT2D eigenvalue weighted by molar-refractivity contribution is 0.0926. The standard InChI is InChI=1S/C20H26N2O4S/c1-5-22(27(4,24)25)18-10-8-17(9-11-18)20(23)21-16(3)14-26-19-12-6-15(2)7-13-19/h6-13,16H,5,14H2,1-4H3,(H,21,23)/t16-/m0/s1. The molecule has 0 aliphatic heterocycles. The van der Waals surface area contributed by atoms with Gasteiger partial charge < -0.3 is 10.1 Å². The van der Waals surface area contributed by atoms with Gasteiger partial charge in [-0.1, -0.05) is 17.7 Å². The average Bonchev–Trinajstić information content (AvgIpc) is 2.61. The fourth-order valence-corrected chi connectivity index (χ4v) is 3.57. The number of carbonyl (C=O) groups excluding carboxylic acids is 1. The molecule has 27 heavy (non-hydrogen) atoms. The highest BCUT2D eigenvalue weighted by atomic mass is 32.2. The third-order valence-electron chi connectivity index (χ3n) is 4.00. The summed E-state index contributed by atoms with van der Waals surface area (Å²) in [7, 11) is -3.34. The summed E-state index contributed by atoms with van der Waals surface area (Å²) >= 11 is 0. The molecule has 0 unspecified atom stereocenters. The maximum absolute atomic E-state index is 12.4. The van der Waals surface area contributed by atoms with E-state index in [0.29, 0.717) is 24.4 Å². The van der Waals surface area contributed by atoms with Gasteiger partial charge in [0.25, 0.3) is 5.91 Å². The highest BCUT2D eigenvalue weighted by Gasteiger charge is 2.16. The topological polar surface area (TPSA) is 75.7 Å². The van der Waals surface area contributed by atoms with E-state index in [-0.39, 0.29) is 11.9 Å². The van der Waals surface area contributed by atoms with E-state index in [2.05, 4.69) is 5.32 Å². The summed E-state index contributed by atoms with van der Waals surface area (Å²) in [4.78, 5) is 12.4. The van der Waals surface area contributed by atoms with Gasteiger partial charge in [-0.25, -0.2) is 8.42 Å². The summed E-state index contributed by atoms with van der Waals surface area (Å²) in [6, 6.07) is 14.0. The van der Waals surface area contributed by atoms with Crippen molar-refractivity contribution in [2.24, 2.45) is 0 Å². The molecule has 0 saturated carbocycles. The van der Waals surface area contributed by atoms with E-state index >= 15 is 0 Å². The Kier molecular flexibility index (Phi) is 6.85. The van der Waals surface area contributed by atoms with Gasteiger partial charge in [0, 0.05) is 12.1 Å². The van der Waals surface area contributed by atoms with E-state index in [4.69, 9.17) is 4.74 Å². The van der Waals surface area contributed by atoms with E-state index in [1.54, 1.807) is 31.2 Å². The second-order valence-corrected chi connectivity index (χ2v) is 8.38. The van der Waals surface area contributed by atoms with Crippen molar-refractivity contribution >= 4 is 21.6 Å². The number of rotatable bonds is 8. The van der Waals surface area contributed by atoms with Crippen molar-refractivity contribution in [1.82, 2.24) is 5.32 Å². The maximum atomic E-state index is 12.4. The monoisotopic (exact) mass is 390 g/mol. The van der Waals surface area contributed by atoms with E-state index in [0.717, 1.165) is 17.6 Å². The minimum Gasteiger partial charge on any atom is -0.491 e. The number of carbonyl (C=O) groups is 1. The molecule has 1 N–H and O–H groups in total. The summed E-state index contributed by atoms with van der Waals surface area (Å²) in [6.07, 6.45) is 1.16. The molecule has 1 atom stereocenters. The Bertz CT molecular complexity index is 862. The normalized spacial score (nSPS) is 12.3. The zero-order valence-corrected chi connectivity index (χ0v) is 16.9. The van der Waals surface area contributed by atoms with Crippen LogP contribution < -0.4 is 14.4 Å². The SMILES string of the molecule is CCN(c1ccc(C(=O)N[C@@H](C)COc2ccc(C)cc2)cc1)S(C)(=O)=O. The van der Waals surface area contributed by atoms with Crippen molar-refractivity contribution in [1.29, 1.82) is 0 Å². The molecule has 0 aromatic heterocycles. The fraction of sp³-hybridized carbons (Fsp3) is 0.350. The summed E-state index contributed by atoms with van der Waals surface area (Å²) < 4.78 is 30.5. The number of ether oxygens (including phenoxy) is 1. The molecule has 0 heterocycles. The van der Waals surface area contributed by atoms with Crippen molar-refractivity contribution in [3.8, 4) is 5.75 Å². The lowest BCUT2D eigenvalue weighted by Crippen LogP contribution is -2.36. The van der Waals surface area contributed by atoms with E-state index in [1.807, 2.05) is 38.1 Å². The maximum Gasteiger partial charge on any atom is 0.251 e. The predicted molar refractivity (Wildman–Crippen MR) is 108 cm³/mol. The molecule has 2 aromatic carbocycles. The predicted octanol–water partition coefficient (Wildman–Crippen LogP) is 2.98. The molecule has 7 heteroatoms. The van der Waals surface area contributed by atoms with Crippen LogP contribution in [0.5, 0.6) is 5.75 Å². The van der Waals surface area contributed by atoms with Crippen LogP contribution in [0.25, 0.3) is 0 Å². The molecule has 0 aliphatic rings. The van der Waals surface area contributed by atoms with Gasteiger partial charge in [-0.05, 0) is 57.2 Å². The lowest BCUT2D eigenvalue weighted by Gasteiger charge is -2.20. The van der Waals surface area contributed by atoms with Crippen LogP contribution in [0.4, 0.5) is 5.69 Å². The minimum absolute atomic E-state index is 0.179. The lowest BCUT2D eigenvalue weighted by atomic mass is 10.2. The molecule has 2 rings (SSSR count). The Balaban J connectivity index is 1.94. The molecule has 146 valence electrons. The second-order valence-electron chi connectivity index (χ2n) is 6.47. The van der Waals surface area contributed by atoms with Crippen molar-refractivity contribution in [2.45, 2.75) is 26.8 Å². The average molecular weight is 391 g/mol. The smallest absolute Gasteiger partial charge is 0.251 e. The van der Waals surface area contributed by atoms with Crippen LogP contribution in [-0.4, -0.2) is 39.8 Å². The Morgan fingerprint density at radius 2 is 1.70 bits per heavy atom. The first-order valence-electron chi connectivity index (χ1n) is 8.79. The first kappa shape index (κ1) is 20.8. The van der Waals surface area contributed by atoms with E-state index in [1.165, 1.54) is 4.31 Å². The Morgan fingerprint density at radius 1 is 1.11 bits per heavy atom. The van der Waals surface area contributed by atoms with Crippen LogP contribution in [0.3, 0.4) is 0 Å². The van der Waals surface area contributed by atoms with Gasteiger partial charge in [-0.3, -0.25) is 9.10 Å². The molecule has 0 fully saturated rings. The van der Waals surface area contributed by atoms with E-state index in [9.17, 15) is 13.2 Å². The number of amides is 1. The Morgan fingerprint density at radius 3 is 2.22 bits per heavy atom. The zero-order valence-electron chi connectivity index (χ0n) is 16.1. The molecule has 1 amide bonds. The van der Waals surface area contributed by atoms with Crippen molar-refractivity contribution in [2.75, 3.05) is 23.7 Å². The number of benzene rings is 2. The van der Waals surface area contributed by atoms with Crippen molar-refractivity contribution in [3.05, 3.63) is 59.7 Å². The fourth-order valence-electron chi connectivity index (χ4n) is 2.59. The zero-order chi connectivity index (χ0) is 20.0. The van der Waals surface area contributed by atoms with Crippen LogP contribution >= 0.6 is 0 Å². The quantitative estimate of drug-likeness (QED) is 0.752. The number of hydrogen-bond donors (Lipinski definition) is 1. The number of aryl methyl sites for hydroxylation is 1. The van der Waals surface area contributed by atoms with Crippen LogP contribution in [0, 0.1) is 6.92 Å². The van der Waals surface area contributed by atoms with Gasteiger partial charge in [-0.2, -0.15) is 0 Å². The summed E-state index contributed by atoms with van der Waals surface area (Å²) in [5.74, 6) is 0.524. The van der Waals surface area contributed by atoms with Crippen molar-refractivity contribution < 1.29 is 17.9 Å². The molecule has 0 spiro atoms. The van der Waals surface area contributed by atoms with Gasteiger partial charge in [0.2, 0.25) is 10.0 Å². The van der Waals surface area contributed by atoms with Gasteiger partial charge in [0.1, 0.15) is 12.4 Å². The summed E-state index contributed by atoms with van der Waals surface area (Å²) in [6.45, 7) is 6.32. The molecule has 6 nitrogen and oxygen atoms in total. The third-order valence-corrected chi connectivity index (χ3v) is 5.27. The van der Waals surface area contributed by atoms with E-state index < -0.39 is 10.0 Å². The Hall–Kier alpha value is -2.54. The van der Waals surface area contributed by atoms with Crippen LogP contribution in [-0.2, 0) is 10.0 Å². The number of sulfonamides is 1. The molecular weight excluding hydrogens is 364 g/mol. The van der Waals surface area contributed by atoms with Gasteiger partial charge in [0.05, 0.1) is 18.0 Å². The van der Waals surface area contributed by atoms with Crippen LogP contribution in [0.2, 0.25) is 0 Å². The summed E-state index contributed by atoms with van der Waals surface area (Å²) in [5, 5.41) is 2.87. The molecule has 0 radical (unpaired) electrons. The number of nitrogens with one attached hydrogen (secondary N) is 1. The van der Waals surface area contributed by atoms with Gasteiger partial charge in [-0.15, -0.1) is 0 Å². The number of anilines is 1. The third kappa shape index (κ3) is 5.99.